The fraction of sp³-hybridized carbons (Fsp3) is 0.185. The van der Waals surface area contributed by atoms with Gasteiger partial charge < -0.3 is 19.5 Å². The number of pyridine rings is 1. The SMILES string of the molecule is Cc1ccc(Cl)cc1-c1ccc(C2C(c3ccccn3)NC(=S)N2c2ccc(N(C)C)cc2)o1. The lowest BCUT2D eigenvalue weighted by Gasteiger charge is -2.26. The van der Waals surface area contributed by atoms with Crippen LogP contribution in [-0.4, -0.2) is 24.2 Å². The Labute approximate surface area is 210 Å². The summed E-state index contributed by atoms with van der Waals surface area (Å²) >= 11 is 12.1. The highest BCUT2D eigenvalue weighted by Gasteiger charge is 2.42. The van der Waals surface area contributed by atoms with Crippen molar-refractivity contribution >= 4 is 40.3 Å². The zero-order valence-electron chi connectivity index (χ0n) is 19.2. The van der Waals surface area contributed by atoms with Gasteiger partial charge in [-0.2, -0.15) is 0 Å². The van der Waals surface area contributed by atoms with Crippen LogP contribution in [-0.2, 0) is 0 Å². The number of hydrogen-bond acceptors (Lipinski definition) is 4. The summed E-state index contributed by atoms with van der Waals surface area (Å²) in [4.78, 5) is 8.80. The zero-order chi connectivity index (χ0) is 23.8. The number of benzene rings is 2. The molecule has 2 aromatic carbocycles. The fourth-order valence-corrected chi connectivity index (χ4v) is 4.87. The summed E-state index contributed by atoms with van der Waals surface area (Å²) in [6.45, 7) is 2.05. The van der Waals surface area contributed by atoms with Crippen LogP contribution in [0.2, 0.25) is 5.02 Å². The standard InChI is InChI=1S/C27H25ClN4OS/c1-17-7-8-18(28)16-21(17)23-13-14-24(33-23)26-25(22-6-4-5-15-29-22)30-27(34)32(26)20-11-9-19(10-12-20)31(2)3/h4-16,25-26H,1-3H3,(H,30,34). The molecule has 5 nitrogen and oxygen atoms in total. The lowest BCUT2D eigenvalue weighted by molar-refractivity contribution is 0.439. The van der Waals surface area contributed by atoms with E-state index in [-0.39, 0.29) is 12.1 Å². The van der Waals surface area contributed by atoms with E-state index in [2.05, 4.69) is 51.3 Å². The van der Waals surface area contributed by atoms with E-state index in [1.165, 1.54) is 0 Å². The van der Waals surface area contributed by atoms with Crippen molar-refractivity contribution in [3.63, 3.8) is 0 Å². The molecule has 0 bridgehead atoms. The Bertz CT molecular complexity index is 1320. The Morgan fingerprint density at radius 1 is 1.03 bits per heavy atom. The molecule has 2 unspecified atom stereocenters. The third-order valence-electron chi connectivity index (χ3n) is 6.13. The van der Waals surface area contributed by atoms with E-state index >= 15 is 0 Å². The van der Waals surface area contributed by atoms with Crippen molar-refractivity contribution in [2.24, 2.45) is 0 Å². The second-order valence-electron chi connectivity index (χ2n) is 8.57. The van der Waals surface area contributed by atoms with Crippen molar-refractivity contribution in [1.82, 2.24) is 10.3 Å². The smallest absolute Gasteiger partial charge is 0.174 e. The van der Waals surface area contributed by atoms with Crippen LogP contribution in [0.3, 0.4) is 0 Å². The van der Waals surface area contributed by atoms with Crippen LogP contribution >= 0.6 is 23.8 Å². The maximum atomic E-state index is 6.47. The highest BCUT2D eigenvalue weighted by atomic mass is 35.5. The summed E-state index contributed by atoms with van der Waals surface area (Å²) in [6, 6.07) is 23.7. The third-order valence-corrected chi connectivity index (χ3v) is 6.68. The van der Waals surface area contributed by atoms with Gasteiger partial charge in [-0.3, -0.25) is 4.98 Å². The van der Waals surface area contributed by atoms with E-state index in [9.17, 15) is 0 Å². The quantitative estimate of drug-likeness (QED) is 0.321. The van der Waals surface area contributed by atoms with E-state index < -0.39 is 0 Å². The molecule has 1 saturated heterocycles. The van der Waals surface area contributed by atoms with Gasteiger partial charge in [-0.25, -0.2) is 0 Å². The highest BCUT2D eigenvalue weighted by Crippen LogP contribution is 2.43. The second kappa shape index (κ2) is 9.12. The molecular formula is C27H25ClN4OS. The summed E-state index contributed by atoms with van der Waals surface area (Å²) in [5.74, 6) is 1.57. The topological polar surface area (TPSA) is 44.5 Å². The van der Waals surface area contributed by atoms with Crippen molar-refractivity contribution in [3.05, 3.63) is 101 Å². The van der Waals surface area contributed by atoms with Gasteiger partial charge in [-0.1, -0.05) is 23.7 Å². The zero-order valence-corrected chi connectivity index (χ0v) is 20.8. The molecule has 0 radical (unpaired) electrons. The Morgan fingerprint density at radius 3 is 2.53 bits per heavy atom. The molecule has 1 aliphatic rings. The van der Waals surface area contributed by atoms with Gasteiger partial charge >= 0.3 is 0 Å². The number of furan rings is 1. The van der Waals surface area contributed by atoms with Crippen molar-refractivity contribution in [2.75, 3.05) is 23.9 Å². The fourth-order valence-electron chi connectivity index (χ4n) is 4.35. The van der Waals surface area contributed by atoms with Gasteiger partial charge in [0, 0.05) is 42.3 Å². The van der Waals surface area contributed by atoms with Gasteiger partial charge in [0.25, 0.3) is 0 Å². The Kier molecular flexibility index (Phi) is 6.02. The van der Waals surface area contributed by atoms with Crippen molar-refractivity contribution in [2.45, 2.75) is 19.0 Å². The molecule has 3 heterocycles. The predicted molar refractivity (Wildman–Crippen MR) is 143 cm³/mol. The molecule has 1 N–H and O–H groups in total. The average Bonchev–Trinajstić information content (AvgIpc) is 3.46. The molecule has 34 heavy (non-hydrogen) atoms. The minimum Gasteiger partial charge on any atom is -0.459 e. The Balaban J connectivity index is 1.59. The first kappa shape index (κ1) is 22.4. The van der Waals surface area contributed by atoms with Crippen LogP contribution in [0.15, 0.2) is 83.4 Å². The summed E-state index contributed by atoms with van der Waals surface area (Å²) in [6.07, 6.45) is 1.80. The van der Waals surface area contributed by atoms with Gasteiger partial charge in [0.05, 0.1) is 11.7 Å². The van der Waals surface area contributed by atoms with E-state index in [0.717, 1.165) is 39.7 Å². The number of hydrogen-bond donors (Lipinski definition) is 1. The maximum Gasteiger partial charge on any atom is 0.174 e. The molecule has 2 atom stereocenters. The van der Waals surface area contributed by atoms with Crippen LogP contribution in [0.25, 0.3) is 11.3 Å². The van der Waals surface area contributed by atoms with Gasteiger partial charge in [0.2, 0.25) is 0 Å². The summed E-state index contributed by atoms with van der Waals surface area (Å²) in [7, 11) is 4.05. The molecule has 1 aliphatic heterocycles. The number of aromatic nitrogens is 1. The van der Waals surface area contributed by atoms with E-state index in [0.29, 0.717) is 10.1 Å². The number of halogens is 1. The molecule has 1 fully saturated rings. The van der Waals surface area contributed by atoms with Crippen LogP contribution in [0.1, 0.15) is 29.1 Å². The molecule has 7 heteroatoms. The minimum atomic E-state index is -0.208. The molecule has 172 valence electrons. The number of rotatable bonds is 5. The third kappa shape index (κ3) is 4.15. The minimum absolute atomic E-state index is 0.165. The average molecular weight is 489 g/mol. The first-order chi connectivity index (χ1) is 16.4. The van der Waals surface area contributed by atoms with Crippen molar-refractivity contribution < 1.29 is 4.42 Å². The molecule has 2 aromatic heterocycles. The molecule has 0 amide bonds. The molecule has 4 aromatic rings. The van der Waals surface area contributed by atoms with Crippen LogP contribution < -0.4 is 15.1 Å². The number of nitrogens with zero attached hydrogens (tertiary/aromatic N) is 3. The molecular weight excluding hydrogens is 464 g/mol. The first-order valence-corrected chi connectivity index (χ1v) is 11.9. The van der Waals surface area contributed by atoms with Crippen LogP contribution in [0.5, 0.6) is 0 Å². The number of anilines is 2. The maximum absolute atomic E-state index is 6.47. The van der Waals surface area contributed by atoms with Crippen molar-refractivity contribution in [1.29, 1.82) is 0 Å². The predicted octanol–water partition coefficient (Wildman–Crippen LogP) is 6.55. The summed E-state index contributed by atoms with van der Waals surface area (Å²) in [5.41, 5.74) is 5.09. The Hall–Kier alpha value is -3.35. The largest absolute Gasteiger partial charge is 0.459 e. The van der Waals surface area contributed by atoms with E-state index in [1.54, 1.807) is 6.20 Å². The normalized spacial score (nSPS) is 17.6. The van der Waals surface area contributed by atoms with Crippen molar-refractivity contribution in [3.8, 4) is 11.3 Å². The number of nitrogens with one attached hydrogen (secondary N) is 1. The van der Waals surface area contributed by atoms with Crippen LogP contribution in [0, 0.1) is 6.92 Å². The van der Waals surface area contributed by atoms with Gasteiger partial charge in [-0.05, 0) is 85.4 Å². The molecule has 0 aliphatic carbocycles. The van der Waals surface area contributed by atoms with Gasteiger partial charge in [0.15, 0.2) is 5.11 Å². The molecule has 5 rings (SSSR count). The lowest BCUT2D eigenvalue weighted by Crippen LogP contribution is -2.29. The monoisotopic (exact) mass is 488 g/mol. The van der Waals surface area contributed by atoms with Gasteiger partial charge in [-0.15, -0.1) is 0 Å². The molecule has 0 spiro atoms. The summed E-state index contributed by atoms with van der Waals surface area (Å²) in [5, 5.41) is 4.79. The number of aryl methyl sites for hydroxylation is 1. The molecule has 0 saturated carbocycles. The lowest BCUT2D eigenvalue weighted by atomic mass is 10.0. The highest BCUT2D eigenvalue weighted by molar-refractivity contribution is 7.80. The second-order valence-corrected chi connectivity index (χ2v) is 9.39. The summed E-state index contributed by atoms with van der Waals surface area (Å²) < 4.78 is 6.47. The van der Waals surface area contributed by atoms with Crippen LogP contribution in [0.4, 0.5) is 11.4 Å². The van der Waals surface area contributed by atoms with E-state index in [1.807, 2.05) is 62.6 Å². The first-order valence-electron chi connectivity index (χ1n) is 11.1. The number of thiocarbonyl (C=S) groups is 1. The van der Waals surface area contributed by atoms with Gasteiger partial charge in [0.1, 0.15) is 17.6 Å². The Morgan fingerprint density at radius 2 is 1.82 bits per heavy atom. The van der Waals surface area contributed by atoms with E-state index in [4.69, 9.17) is 28.2 Å².